The fraction of sp³-hybridized carbons (Fsp3) is 0.500. The smallest absolute Gasteiger partial charge is 0.0527 e. The monoisotopic (exact) mass is 180 g/mol. The third-order valence-corrected chi connectivity index (χ3v) is 1.84. The summed E-state index contributed by atoms with van der Waals surface area (Å²) in [4.78, 5) is 4.16. The SMILES string of the molecule is C[C@H](O)C[C@H](N)Cc1ccccn1. The Hall–Kier alpha value is -0.930. The molecule has 1 aromatic heterocycles. The first-order chi connectivity index (χ1) is 6.18. The molecule has 0 amide bonds. The minimum Gasteiger partial charge on any atom is -0.393 e. The fourth-order valence-electron chi connectivity index (χ4n) is 1.31. The third kappa shape index (κ3) is 4.01. The highest BCUT2D eigenvalue weighted by atomic mass is 16.3. The average Bonchev–Trinajstić information content (AvgIpc) is 2.04. The maximum atomic E-state index is 9.10. The Morgan fingerprint density at radius 3 is 2.85 bits per heavy atom. The van der Waals surface area contributed by atoms with Gasteiger partial charge in [-0.2, -0.15) is 0 Å². The molecule has 0 spiro atoms. The molecule has 0 aromatic carbocycles. The van der Waals surface area contributed by atoms with E-state index in [1.165, 1.54) is 0 Å². The predicted molar refractivity (Wildman–Crippen MR) is 52.2 cm³/mol. The van der Waals surface area contributed by atoms with Crippen LogP contribution in [0.1, 0.15) is 19.0 Å². The molecule has 0 saturated carbocycles. The second-order valence-electron chi connectivity index (χ2n) is 3.37. The largest absolute Gasteiger partial charge is 0.393 e. The second-order valence-corrected chi connectivity index (χ2v) is 3.37. The van der Waals surface area contributed by atoms with Crippen LogP contribution in [-0.4, -0.2) is 22.2 Å². The van der Waals surface area contributed by atoms with Gasteiger partial charge < -0.3 is 10.8 Å². The van der Waals surface area contributed by atoms with Gasteiger partial charge in [0.25, 0.3) is 0 Å². The van der Waals surface area contributed by atoms with Crippen LogP contribution in [-0.2, 0) is 6.42 Å². The average molecular weight is 180 g/mol. The summed E-state index contributed by atoms with van der Waals surface area (Å²) in [7, 11) is 0. The van der Waals surface area contributed by atoms with Gasteiger partial charge in [0.15, 0.2) is 0 Å². The molecule has 3 nitrogen and oxygen atoms in total. The molecular formula is C10H16N2O. The van der Waals surface area contributed by atoms with E-state index in [0.29, 0.717) is 6.42 Å². The number of aliphatic hydroxyl groups excluding tert-OH is 1. The van der Waals surface area contributed by atoms with Crippen LogP contribution < -0.4 is 5.73 Å². The highest BCUT2D eigenvalue weighted by molar-refractivity contribution is 5.04. The van der Waals surface area contributed by atoms with Crippen LogP contribution in [0.3, 0.4) is 0 Å². The molecule has 72 valence electrons. The van der Waals surface area contributed by atoms with Gasteiger partial charge in [-0.3, -0.25) is 4.98 Å². The minimum atomic E-state index is -0.335. The summed E-state index contributed by atoms with van der Waals surface area (Å²) in [6.45, 7) is 1.75. The molecular weight excluding hydrogens is 164 g/mol. The van der Waals surface area contributed by atoms with Gasteiger partial charge in [0, 0.05) is 24.4 Å². The Bertz CT molecular complexity index is 236. The van der Waals surface area contributed by atoms with E-state index in [9.17, 15) is 0 Å². The Kier molecular flexibility index (Phi) is 3.86. The fourth-order valence-corrected chi connectivity index (χ4v) is 1.31. The summed E-state index contributed by atoms with van der Waals surface area (Å²) in [6, 6.07) is 5.76. The maximum Gasteiger partial charge on any atom is 0.0527 e. The van der Waals surface area contributed by atoms with E-state index in [-0.39, 0.29) is 12.1 Å². The van der Waals surface area contributed by atoms with Crippen LogP contribution in [0.5, 0.6) is 0 Å². The molecule has 0 aliphatic carbocycles. The molecule has 0 unspecified atom stereocenters. The zero-order chi connectivity index (χ0) is 9.68. The highest BCUT2D eigenvalue weighted by Crippen LogP contribution is 2.02. The standard InChI is InChI=1S/C10H16N2O/c1-8(13)6-9(11)7-10-4-2-3-5-12-10/h2-5,8-9,13H,6-7,11H2,1H3/t8-,9-/m0/s1. The van der Waals surface area contributed by atoms with Crippen LogP contribution >= 0.6 is 0 Å². The summed E-state index contributed by atoms with van der Waals surface area (Å²) in [5, 5.41) is 9.10. The maximum absolute atomic E-state index is 9.10. The Balaban J connectivity index is 2.41. The highest BCUT2D eigenvalue weighted by Gasteiger charge is 2.07. The molecule has 0 fully saturated rings. The van der Waals surface area contributed by atoms with Gasteiger partial charge in [-0.05, 0) is 25.5 Å². The van der Waals surface area contributed by atoms with Crippen molar-refractivity contribution in [3.05, 3.63) is 30.1 Å². The van der Waals surface area contributed by atoms with Crippen LogP contribution in [0.2, 0.25) is 0 Å². The normalized spacial score (nSPS) is 15.3. The zero-order valence-electron chi connectivity index (χ0n) is 7.85. The number of nitrogens with zero attached hydrogens (tertiary/aromatic N) is 1. The van der Waals surface area contributed by atoms with Gasteiger partial charge in [-0.1, -0.05) is 6.07 Å². The number of pyridine rings is 1. The quantitative estimate of drug-likeness (QED) is 0.718. The van der Waals surface area contributed by atoms with E-state index >= 15 is 0 Å². The van der Waals surface area contributed by atoms with Gasteiger partial charge in [-0.25, -0.2) is 0 Å². The molecule has 0 aliphatic rings. The van der Waals surface area contributed by atoms with Crippen molar-refractivity contribution < 1.29 is 5.11 Å². The number of aromatic nitrogens is 1. The number of rotatable bonds is 4. The molecule has 2 atom stereocenters. The van der Waals surface area contributed by atoms with E-state index in [1.807, 2.05) is 18.2 Å². The molecule has 0 aliphatic heterocycles. The van der Waals surface area contributed by atoms with Crippen LogP contribution in [0.15, 0.2) is 24.4 Å². The van der Waals surface area contributed by atoms with Crippen molar-refractivity contribution in [3.8, 4) is 0 Å². The Morgan fingerprint density at radius 1 is 1.54 bits per heavy atom. The van der Waals surface area contributed by atoms with Gasteiger partial charge in [0.2, 0.25) is 0 Å². The second kappa shape index (κ2) is 4.94. The van der Waals surface area contributed by atoms with Gasteiger partial charge in [0.1, 0.15) is 0 Å². The Labute approximate surface area is 78.6 Å². The first-order valence-corrected chi connectivity index (χ1v) is 4.52. The third-order valence-electron chi connectivity index (χ3n) is 1.84. The minimum absolute atomic E-state index is 0.00472. The summed E-state index contributed by atoms with van der Waals surface area (Å²) in [5.74, 6) is 0. The Morgan fingerprint density at radius 2 is 2.31 bits per heavy atom. The molecule has 1 heterocycles. The van der Waals surface area contributed by atoms with E-state index in [0.717, 1.165) is 12.1 Å². The van der Waals surface area contributed by atoms with Crippen LogP contribution in [0.4, 0.5) is 0 Å². The molecule has 13 heavy (non-hydrogen) atoms. The first-order valence-electron chi connectivity index (χ1n) is 4.52. The first kappa shape index (κ1) is 10.2. The van der Waals surface area contributed by atoms with Crippen molar-refractivity contribution >= 4 is 0 Å². The topological polar surface area (TPSA) is 59.1 Å². The van der Waals surface area contributed by atoms with Crippen molar-refractivity contribution in [2.45, 2.75) is 31.9 Å². The summed E-state index contributed by atoms with van der Waals surface area (Å²) >= 11 is 0. The van der Waals surface area contributed by atoms with E-state index in [4.69, 9.17) is 10.8 Å². The van der Waals surface area contributed by atoms with Crippen molar-refractivity contribution in [1.29, 1.82) is 0 Å². The van der Waals surface area contributed by atoms with E-state index in [2.05, 4.69) is 4.98 Å². The number of aliphatic hydroxyl groups is 1. The number of hydrogen-bond donors (Lipinski definition) is 2. The summed E-state index contributed by atoms with van der Waals surface area (Å²) < 4.78 is 0. The van der Waals surface area contributed by atoms with Gasteiger partial charge >= 0.3 is 0 Å². The van der Waals surface area contributed by atoms with Crippen molar-refractivity contribution in [1.82, 2.24) is 4.98 Å². The number of nitrogens with two attached hydrogens (primary N) is 1. The number of hydrogen-bond acceptors (Lipinski definition) is 3. The molecule has 0 saturated heterocycles. The lowest BCUT2D eigenvalue weighted by Gasteiger charge is -2.12. The van der Waals surface area contributed by atoms with Gasteiger partial charge in [0.05, 0.1) is 6.10 Å². The van der Waals surface area contributed by atoms with Crippen LogP contribution in [0, 0.1) is 0 Å². The van der Waals surface area contributed by atoms with Crippen LogP contribution in [0.25, 0.3) is 0 Å². The molecule has 1 aromatic rings. The summed E-state index contributed by atoms with van der Waals surface area (Å²) in [6.07, 6.45) is 2.77. The summed E-state index contributed by atoms with van der Waals surface area (Å²) in [5.41, 5.74) is 6.79. The van der Waals surface area contributed by atoms with Crippen molar-refractivity contribution in [2.24, 2.45) is 5.73 Å². The van der Waals surface area contributed by atoms with E-state index in [1.54, 1.807) is 13.1 Å². The van der Waals surface area contributed by atoms with Crippen molar-refractivity contribution in [3.63, 3.8) is 0 Å². The molecule has 3 heteroatoms. The molecule has 3 N–H and O–H groups in total. The molecule has 1 rings (SSSR count). The van der Waals surface area contributed by atoms with Gasteiger partial charge in [-0.15, -0.1) is 0 Å². The lowest BCUT2D eigenvalue weighted by atomic mass is 10.1. The lowest BCUT2D eigenvalue weighted by molar-refractivity contribution is 0.174. The molecule has 0 radical (unpaired) electrons. The van der Waals surface area contributed by atoms with Crippen molar-refractivity contribution in [2.75, 3.05) is 0 Å². The predicted octanol–water partition coefficient (Wildman–Crippen LogP) is 0.722. The van der Waals surface area contributed by atoms with E-state index < -0.39 is 0 Å². The lowest BCUT2D eigenvalue weighted by Crippen LogP contribution is -2.27. The molecule has 0 bridgehead atoms. The zero-order valence-corrected chi connectivity index (χ0v) is 7.85.